The highest BCUT2D eigenvalue weighted by Gasteiger charge is 2.46. The van der Waals surface area contributed by atoms with Gasteiger partial charge in [0, 0.05) is 12.8 Å². The zero-order valence-corrected chi connectivity index (χ0v) is 6.53. The van der Waals surface area contributed by atoms with Gasteiger partial charge in [0.15, 0.2) is 11.4 Å². The van der Waals surface area contributed by atoms with Crippen LogP contribution in [0.1, 0.15) is 25.7 Å². The van der Waals surface area contributed by atoms with Gasteiger partial charge in [-0.1, -0.05) is 0 Å². The third-order valence-electron chi connectivity index (χ3n) is 2.14. The van der Waals surface area contributed by atoms with Crippen molar-refractivity contribution in [2.24, 2.45) is 0 Å². The second-order valence-electron chi connectivity index (χ2n) is 3.35. The second-order valence-corrected chi connectivity index (χ2v) is 3.35. The number of aliphatic hydroxyl groups is 3. The van der Waals surface area contributed by atoms with Crippen LogP contribution in [-0.4, -0.2) is 37.8 Å². The molecule has 0 aromatic carbocycles. The molecule has 0 bridgehead atoms. The summed E-state index contributed by atoms with van der Waals surface area (Å²) in [5.41, 5.74) is -1.97. The Bertz CT molecular complexity index is 200. The van der Waals surface area contributed by atoms with Crippen LogP contribution < -0.4 is 0 Å². The van der Waals surface area contributed by atoms with Crippen molar-refractivity contribution in [2.45, 2.75) is 37.1 Å². The van der Waals surface area contributed by atoms with Crippen molar-refractivity contribution in [3.05, 3.63) is 0 Å². The minimum Gasteiger partial charge on any atom is -0.479 e. The van der Waals surface area contributed by atoms with Gasteiger partial charge in [-0.2, -0.15) is 0 Å². The highest BCUT2D eigenvalue weighted by Crippen LogP contribution is 2.33. The van der Waals surface area contributed by atoms with Gasteiger partial charge in [0.25, 0.3) is 0 Å². The van der Waals surface area contributed by atoms with Gasteiger partial charge in [-0.05, 0) is 12.8 Å². The number of carbonyl (C=O) groups is 1. The van der Waals surface area contributed by atoms with Gasteiger partial charge >= 0.3 is 5.97 Å². The van der Waals surface area contributed by atoms with Crippen LogP contribution in [0.15, 0.2) is 0 Å². The highest BCUT2D eigenvalue weighted by atomic mass is 16.5. The molecule has 0 heterocycles. The van der Waals surface area contributed by atoms with E-state index in [1.807, 2.05) is 0 Å². The van der Waals surface area contributed by atoms with Crippen molar-refractivity contribution in [1.82, 2.24) is 0 Å². The summed E-state index contributed by atoms with van der Waals surface area (Å²) in [6.07, 6.45) is -0.0288. The molecule has 1 saturated carbocycles. The molecule has 0 radical (unpaired) electrons. The van der Waals surface area contributed by atoms with Gasteiger partial charge in [0.2, 0.25) is 0 Å². The summed E-state index contributed by atoms with van der Waals surface area (Å²) < 4.78 is 0. The van der Waals surface area contributed by atoms with E-state index >= 15 is 0 Å². The number of rotatable bonds is 1. The summed E-state index contributed by atoms with van der Waals surface area (Å²) in [4.78, 5) is 10.5. The van der Waals surface area contributed by atoms with E-state index in [9.17, 15) is 9.90 Å². The lowest BCUT2D eigenvalue weighted by molar-refractivity contribution is -0.227. The van der Waals surface area contributed by atoms with Gasteiger partial charge in [-0.3, -0.25) is 0 Å². The molecule has 5 nitrogen and oxygen atoms in total. The lowest BCUT2D eigenvalue weighted by Crippen LogP contribution is -2.50. The Kier molecular flexibility index (Phi) is 2.11. The quantitative estimate of drug-likeness (QED) is 0.386. The predicted octanol–water partition coefficient (Wildman–Crippen LogP) is -0.943. The molecule has 1 unspecified atom stereocenters. The molecule has 1 aliphatic rings. The number of aliphatic carboxylic acids is 1. The first-order chi connectivity index (χ1) is 5.36. The first-order valence-electron chi connectivity index (χ1n) is 3.76. The molecule has 0 aromatic heterocycles. The summed E-state index contributed by atoms with van der Waals surface area (Å²) in [5, 5.41) is 36.1. The molecule has 0 spiro atoms. The van der Waals surface area contributed by atoms with E-state index < -0.39 is 23.8 Å². The summed E-state index contributed by atoms with van der Waals surface area (Å²) >= 11 is 0. The van der Waals surface area contributed by atoms with E-state index in [1.165, 1.54) is 0 Å². The Hall–Kier alpha value is -0.650. The fourth-order valence-corrected chi connectivity index (χ4v) is 1.49. The lowest BCUT2D eigenvalue weighted by Gasteiger charge is -2.35. The van der Waals surface area contributed by atoms with Crippen LogP contribution >= 0.6 is 0 Å². The fourth-order valence-electron chi connectivity index (χ4n) is 1.49. The van der Waals surface area contributed by atoms with Crippen LogP contribution in [0.2, 0.25) is 0 Å². The average Bonchev–Trinajstić information content (AvgIpc) is 1.83. The average molecular weight is 176 g/mol. The summed E-state index contributed by atoms with van der Waals surface area (Å²) in [6, 6.07) is 0. The zero-order chi connectivity index (χ0) is 9.41. The first kappa shape index (κ1) is 9.44. The number of hydrogen-bond donors (Lipinski definition) is 4. The molecule has 1 aliphatic carbocycles. The Labute approximate surface area is 69.3 Å². The highest BCUT2D eigenvalue weighted by molar-refractivity contribution is 5.77. The molecule has 12 heavy (non-hydrogen) atoms. The van der Waals surface area contributed by atoms with Gasteiger partial charge in [0.1, 0.15) is 0 Å². The molecule has 0 aromatic rings. The largest absolute Gasteiger partial charge is 0.479 e. The van der Waals surface area contributed by atoms with Crippen molar-refractivity contribution in [3.63, 3.8) is 0 Å². The number of carboxylic acids is 1. The van der Waals surface area contributed by atoms with Gasteiger partial charge in [-0.15, -0.1) is 0 Å². The van der Waals surface area contributed by atoms with Gasteiger partial charge in [0.05, 0.1) is 0 Å². The van der Waals surface area contributed by atoms with Crippen LogP contribution in [0.25, 0.3) is 0 Å². The molecular weight excluding hydrogens is 164 g/mol. The van der Waals surface area contributed by atoms with E-state index in [4.69, 9.17) is 15.3 Å². The van der Waals surface area contributed by atoms with Gasteiger partial charge in [-0.25, -0.2) is 4.79 Å². The fraction of sp³-hybridized carbons (Fsp3) is 0.857. The maximum Gasteiger partial charge on any atom is 0.335 e. The third kappa shape index (κ3) is 1.74. The van der Waals surface area contributed by atoms with Crippen molar-refractivity contribution in [3.8, 4) is 0 Å². The van der Waals surface area contributed by atoms with Crippen LogP contribution in [0.5, 0.6) is 0 Å². The van der Waals surface area contributed by atoms with Crippen molar-refractivity contribution in [1.29, 1.82) is 0 Å². The van der Waals surface area contributed by atoms with Crippen LogP contribution in [0.4, 0.5) is 0 Å². The molecule has 1 fully saturated rings. The van der Waals surface area contributed by atoms with Crippen molar-refractivity contribution >= 4 is 5.97 Å². The molecule has 70 valence electrons. The molecule has 0 saturated heterocycles. The van der Waals surface area contributed by atoms with Crippen LogP contribution in [0.3, 0.4) is 0 Å². The lowest BCUT2D eigenvalue weighted by atomic mass is 9.81. The normalized spacial score (nSPS) is 34.6. The SMILES string of the molecule is O=C(O)C1(O)CCCC(O)(O)C1. The van der Waals surface area contributed by atoms with E-state index in [0.717, 1.165) is 0 Å². The van der Waals surface area contributed by atoms with Crippen molar-refractivity contribution < 1.29 is 25.2 Å². The van der Waals surface area contributed by atoms with E-state index in [1.54, 1.807) is 0 Å². The number of hydrogen-bond acceptors (Lipinski definition) is 4. The molecule has 5 heteroatoms. The molecule has 0 aliphatic heterocycles. The van der Waals surface area contributed by atoms with Crippen LogP contribution in [-0.2, 0) is 4.79 Å². The van der Waals surface area contributed by atoms with E-state index in [2.05, 4.69) is 0 Å². The minimum absolute atomic E-state index is 0.0746. The smallest absolute Gasteiger partial charge is 0.335 e. The zero-order valence-electron chi connectivity index (χ0n) is 6.53. The predicted molar refractivity (Wildman–Crippen MR) is 38.2 cm³/mol. The minimum atomic E-state index is -2.04. The number of carboxylic acid groups (broad SMARTS) is 1. The third-order valence-corrected chi connectivity index (χ3v) is 2.14. The molecular formula is C7H12O5. The maximum atomic E-state index is 10.5. The Balaban J connectivity index is 2.74. The summed E-state index contributed by atoms with van der Waals surface area (Å²) in [7, 11) is 0. The molecule has 0 amide bonds. The summed E-state index contributed by atoms with van der Waals surface area (Å²) in [6.45, 7) is 0. The van der Waals surface area contributed by atoms with Gasteiger partial charge < -0.3 is 20.4 Å². The molecule has 1 atom stereocenters. The summed E-state index contributed by atoms with van der Waals surface area (Å²) in [5.74, 6) is -3.43. The molecule has 4 N–H and O–H groups in total. The van der Waals surface area contributed by atoms with E-state index in [0.29, 0.717) is 6.42 Å². The Morgan fingerprint density at radius 1 is 1.17 bits per heavy atom. The van der Waals surface area contributed by atoms with E-state index in [-0.39, 0.29) is 12.8 Å². The topological polar surface area (TPSA) is 98.0 Å². The second kappa shape index (κ2) is 2.69. The monoisotopic (exact) mass is 176 g/mol. The standard InChI is InChI=1S/C7H12O5/c8-5(9)6(10)2-1-3-7(11,12)4-6/h10-12H,1-4H2,(H,8,9). The van der Waals surface area contributed by atoms with Crippen molar-refractivity contribution in [2.75, 3.05) is 0 Å². The van der Waals surface area contributed by atoms with Crippen LogP contribution in [0, 0.1) is 0 Å². The Morgan fingerprint density at radius 3 is 2.08 bits per heavy atom. The molecule has 1 rings (SSSR count). The maximum absolute atomic E-state index is 10.5. The Morgan fingerprint density at radius 2 is 1.75 bits per heavy atom. The first-order valence-corrected chi connectivity index (χ1v) is 3.76.